The highest BCUT2D eigenvalue weighted by molar-refractivity contribution is 8.16. The maximum Gasteiger partial charge on any atom is 0.228 e. The van der Waals surface area contributed by atoms with Crippen LogP contribution in [-0.2, 0) is 4.79 Å². The van der Waals surface area contributed by atoms with E-state index in [1.54, 1.807) is 12.1 Å². The number of benzene rings is 2. The molecule has 1 heterocycles. The van der Waals surface area contributed by atoms with Crippen LogP contribution in [0.2, 0.25) is 0 Å². The summed E-state index contributed by atoms with van der Waals surface area (Å²) in [6, 6.07) is 14.9. The Morgan fingerprint density at radius 2 is 1.88 bits per heavy atom. The lowest BCUT2D eigenvalue weighted by molar-refractivity contribution is -0.117. The van der Waals surface area contributed by atoms with E-state index in [0.29, 0.717) is 10.1 Å². The lowest BCUT2D eigenvalue weighted by atomic mass is 10.1. The van der Waals surface area contributed by atoms with E-state index in [1.165, 1.54) is 29.6 Å². The van der Waals surface area contributed by atoms with E-state index < -0.39 is 0 Å². The molecule has 1 amide bonds. The second kappa shape index (κ2) is 7.42. The lowest BCUT2D eigenvalue weighted by Crippen LogP contribution is -2.15. The number of halogens is 1. The number of nitrogens with one attached hydrogen (secondary N) is 1. The van der Waals surface area contributed by atoms with Gasteiger partial charge >= 0.3 is 0 Å². The summed E-state index contributed by atoms with van der Waals surface area (Å²) in [5.41, 5.74) is 2.76. The summed E-state index contributed by atoms with van der Waals surface area (Å²) in [5.74, 6) is 2.06. The number of amides is 1. The first kappa shape index (κ1) is 17.0. The first-order chi connectivity index (χ1) is 12.2. The molecule has 1 N–H and O–H groups in total. The molecule has 0 radical (unpaired) electrons. The minimum Gasteiger partial charge on any atom is -0.326 e. The van der Waals surface area contributed by atoms with Gasteiger partial charge in [-0.25, -0.2) is 4.39 Å². The van der Waals surface area contributed by atoms with Gasteiger partial charge in [-0.1, -0.05) is 30.3 Å². The van der Waals surface area contributed by atoms with Crippen molar-refractivity contribution < 1.29 is 9.18 Å². The van der Waals surface area contributed by atoms with Crippen LogP contribution >= 0.6 is 23.5 Å². The van der Waals surface area contributed by atoms with Crippen molar-refractivity contribution in [1.82, 2.24) is 0 Å². The second-order valence-electron chi connectivity index (χ2n) is 6.51. The molecule has 2 fully saturated rings. The molecule has 1 aliphatic heterocycles. The average Bonchev–Trinajstić information content (AvgIpc) is 3.44. The Labute approximate surface area is 156 Å². The number of anilines is 1. The minimum absolute atomic E-state index is 0.00523. The summed E-state index contributed by atoms with van der Waals surface area (Å²) in [6.07, 6.45) is 1.99. The van der Waals surface area contributed by atoms with Crippen molar-refractivity contribution in [3.05, 3.63) is 65.5 Å². The average molecular weight is 374 g/mol. The molecule has 2 aromatic rings. The molecule has 4 rings (SSSR count). The zero-order valence-electron chi connectivity index (χ0n) is 13.8. The molecule has 2 unspecified atom stereocenters. The number of carbonyl (C=O) groups excluding carboxylic acids is 1. The normalized spacial score (nSPS) is 23.2. The van der Waals surface area contributed by atoms with E-state index in [1.807, 2.05) is 41.7 Å². The van der Waals surface area contributed by atoms with Gasteiger partial charge in [-0.05, 0) is 59.6 Å². The van der Waals surface area contributed by atoms with Gasteiger partial charge in [0.1, 0.15) is 5.82 Å². The Kier molecular flexibility index (Phi) is 5.04. The molecule has 5 heteroatoms. The molecule has 25 heavy (non-hydrogen) atoms. The molecule has 2 nitrogen and oxygen atoms in total. The van der Waals surface area contributed by atoms with Crippen molar-refractivity contribution in [3.8, 4) is 0 Å². The summed E-state index contributed by atoms with van der Waals surface area (Å²) in [4.78, 5) is 12.5. The quantitative estimate of drug-likeness (QED) is 0.774. The summed E-state index contributed by atoms with van der Waals surface area (Å²) >= 11 is 3.94. The lowest BCUT2D eigenvalue weighted by Gasteiger charge is -2.21. The van der Waals surface area contributed by atoms with Crippen LogP contribution in [0.4, 0.5) is 10.1 Å². The third kappa shape index (κ3) is 3.87. The van der Waals surface area contributed by atoms with Crippen LogP contribution in [0, 0.1) is 11.7 Å². The van der Waals surface area contributed by atoms with Crippen LogP contribution in [-0.4, -0.2) is 17.4 Å². The second-order valence-corrected chi connectivity index (χ2v) is 9.24. The fraction of sp³-hybridized carbons (Fsp3) is 0.350. The monoisotopic (exact) mass is 373 g/mol. The number of hydrogen-bond acceptors (Lipinski definition) is 3. The first-order valence-corrected chi connectivity index (χ1v) is 10.7. The van der Waals surface area contributed by atoms with Crippen molar-refractivity contribution in [2.45, 2.75) is 23.3 Å². The van der Waals surface area contributed by atoms with Crippen LogP contribution in [0.5, 0.6) is 0 Å². The largest absolute Gasteiger partial charge is 0.326 e. The Hall–Kier alpha value is -1.46. The smallest absolute Gasteiger partial charge is 0.228 e. The first-order valence-electron chi connectivity index (χ1n) is 8.61. The molecule has 130 valence electrons. The topological polar surface area (TPSA) is 29.1 Å². The molecule has 2 atom stereocenters. The van der Waals surface area contributed by atoms with Gasteiger partial charge < -0.3 is 5.32 Å². The van der Waals surface area contributed by atoms with Gasteiger partial charge in [-0.15, -0.1) is 23.5 Å². The number of rotatable bonds is 4. The van der Waals surface area contributed by atoms with Gasteiger partial charge in [-0.2, -0.15) is 0 Å². The maximum atomic E-state index is 13.9. The molecule has 0 aromatic heterocycles. The Morgan fingerprint density at radius 1 is 1.08 bits per heavy atom. The fourth-order valence-electron chi connectivity index (χ4n) is 3.28. The van der Waals surface area contributed by atoms with Crippen molar-refractivity contribution in [2.75, 3.05) is 16.8 Å². The van der Waals surface area contributed by atoms with E-state index in [0.717, 1.165) is 12.1 Å². The van der Waals surface area contributed by atoms with E-state index >= 15 is 0 Å². The summed E-state index contributed by atoms with van der Waals surface area (Å²) in [5, 5.41) is 3.02. The number of carbonyl (C=O) groups is 1. The maximum absolute atomic E-state index is 13.9. The molecule has 1 aliphatic carbocycles. The van der Waals surface area contributed by atoms with E-state index in [9.17, 15) is 9.18 Å². The van der Waals surface area contributed by atoms with Crippen LogP contribution in [0.15, 0.2) is 48.5 Å². The third-order valence-electron chi connectivity index (χ3n) is 4.69. The highest BCUT2D eigenvalue weighted by Crippen LogP contribution is 2.49. The van der Waals surface area contributed by atoms with Gasteiger partial charge in [0.05, 0.1) is 4.58 Å². The molecular formula is C20H20FNOS2. The number of hydrogen-bond donors (Lipinski definition) is 1. The van der Waals surface area contributed by atoms with Gasteiger partial charge in [0, 0.05) is 11.6 Å². The molecule has 0 spiro atoms. The Morgan fingerprint density at radius 3 is 2.68 bits per heavy atom. The fourth-order valence-corrected chi connectivity index (χ4v) is 6.16. The minimum atomic E-state index is -0.212. The standard InChI is InChI=1S/C20H20FNOS2/c21-18-8-2-1-7-15(18)16-12-17(16)19(23)22-14-6-3-5-13(11-14)20-24-9-4-10-25-20/h1-3,5-8,11,16-17,20H,4,9-10,12H2,(H,22,23). The van der Waals surface area contributed by atoms with Crippen LogP contribution in [0.1, 0.15) is 34.5 Å². The van der Waals surface area contributed by atoms with Gasteiger partial charge in [0.2, 0.25) is 5.91 Å². The highest BCUT2D eigenvalue weighted by atomic mass is 32.2. The summed E-state index contributed by atoms with van der Waals surface area (Å²) in [6.45, 7) is 0. The summed E-state index contributed by atoms with van der Waals surface area (Å²) in [7, 11) is 0. The van der Waals surface area contributed by atoms with E-state index in [-0.39, 0.29) is 23.6 Å². The predicted molar refractivity (Wildman–Crippen MR) is 105 cm³/mol. The molecule has 2 aromatic carbocycles. The number of thioether (sulfide) groups is 2. The van der Waals surface area contributed by atoms with Crippen LogP contribution < -0.4 is 5.32 Å². The Balaban J connectivity index is 1.41. The van der Waals surface area contributed by atoms with E-state index in [4.69, 9.17) is 0 Å². The van der Waals surface area contributed by atoms with Gasteiger partial charge in [0.15, 0.2) is 0 Å². The molecule has 0 bridgehead atoms. The zero-order valence-corrected chi connectivity index (χ0v) is 15.4. The molecule has 1 saturated heterocycles. The highest BCUT2D eigenvalue weighted by Gasteiger charge is 2.45. The van der Waals surface area contributed by atoms with Crippen LogP contribution in [0.3, 0.4) is 0 Å². The summed E-state index contributed by atoms with van der Waals surface area (Å²) < 4.78 is 14.3. The van der Waals surface area contributed by atoms with Gasteiger partial charge in [-0.3, -0.25) is 4.79 Å². The van der Waals surface area contributed by atoms with Gasteiger partial charge in [0.25, 0.3) is 0 Å². The zero-order chi connectivity index (χ0) is 17.2. The van der Waals surface area contributed by atoms with Crippen molar-refractivity contribution in [3.63, 3.8) is 0 Å². The van der Waals surface area contributed by atoms with E-state index in [2.05, 4.69) is 17.4 Å². The molecule has 2 aliphatic rings. The third-order valence-corrected chi connectivity index (χ3v) is 7.70. The Bertz CT molecular complexity index is 776. The molecule has 1 saturated carbocycles. The van der Waals surface area contributed by atoms with Crippen molar-refractivity contribution >= 4 is 35.1 Å². The van der Waals surface area contributed by atoms with Crippen LogP contribution in [0.25, 0.3) is 0 Å². The van der Waals surface area contributed by atoms with Crippen molar-refractivity contribution in [1.29, 1.82) is 0 Å². The van der Waals surface area contributed by atoms with Crippen molar-refractivity contribution in [2.24, 2.45) is 5.92 Å². The molecular weight excluding hydrogens is 353 g/mol. The predicted octanol–water partition coefficient (Wildman–Crippen LogP) is 5.44. The SMILES string of the molecule is O=C(Nc1cccc(C2SCCCS2)c1)C1CC1c1ccccc1F.